The van der Waals surface area contributed by atoms with Gasteiger partial charge < -0.3 is 8.98 Å². The van der Waals surface area contributed by atoms with Crippen molar-refractivity contribution >= 4 is 55.3 Å². The molecule has 0 atom stereocenters. The van der Waals surface area contributed by atoms with Crippen LogP contribution in [-0.2, 0) is 0 Å². The summed E-state index contributed by atoms with van der Waals surface area (Å²) in [6.07, 6.45) is 0. The van der Waals surface area contributed by atoms with Crippen LogP contribution in [0.2, 0.25) is 5.02 Å². The first-order chi connectivity index (χ1) is 13.3. The van der Waals surface area contributed by atoms with Gasteiger partial charge in [0.2, 0.25) is 0 Å². The molecule has 0 saturated heterocycles. The van der Waals surface area contributed by atoms with Crippen LogP contribution in [0, 0.1) is 0 Å². The molecule has 0 saturated carbocycles. The number of hydrogen-bond acceptors (Lipinski definition) is 1. The van der Waals surface area contributed by atoms with Gasteiger partial charge in [0.1, 0.15) is 11.2 Å². The second-order valence-corrected chi connectivity index (χ2v) is 7.23. The van der Waals surface area contributed by atoms with Gasteiger partial charge in [-0.25, -0.2) is 0 Å². The topological polar surface area (TPSA) is 18.1 Å². The highest BCUT2D eigenvalue weighted by atomic mass is 35.5. The molecule has 27 heavy (non-hydrogen) atoms. The average molecular weight is 368 g/mol. The molecular weight excluding hydrogens is 354 g/mol. The molecule has 0 aliphatic heterocycles. The van der Waals surface area contributed by atoms with Crippen molar-refractivity contribution in [2.45, 2.75) is 0 Å². The minimum atomic E-state index is 0.684. The smallest absolute Gasteiger partial charge is 0.137 e. The Hall–Kier alpha value is -3.23. The molecule has 2 heterocycles. The van der Waals surface area contributed by atoms with Gasteiger partial charge in [-0.05, 0) is 36.4 Å². The number of halogens is 1. The van der Waals surface area contributed by atoms with Crippen LogP contribution in [0.4, 0.5) is 0 Å². The van der Waals surface area contributed by atoms with Gasteiger partial charge in [0.25, 0.3) is 0 Å². The Balaban J connectivity index is 1.71. The van der Waals surface area contributed by atoms with Crippen molar-refractivity contribution in [3.63, 3.8) is 0 Å². The number of fused-ring (bicyclic) bond motifs is 6. The van der Waals surface area contributed by atoms with Gasteiger partial charge in [-0.15, -0.1) is 0 Å². The SMILES string of the molecule is Clc1ccc2c(c1)oc1cc(-n3c4ccccc4c4ccccc43)ccc12. The summed E-state index contributed by atoms with van der Waals surface area (Å²) in [5.41, 5.74) is 5.16. The Morgan fingerprint density at radius 2 is 1.19 bits per heavy atom. The lowest BCUT2D eigenvalue weighted by Gasteiger charge is -2.07. The van der Waals surface area contributed by atoms with E-state index in [1.165, 1.54) is 21.8 Å². The van der Waals surface area contributed by atoms with Crippen LogP contribution >= 0.6 is 11.6 Å². The third-order valence-electron chi connectivity index (χ3n) is 5.26. The van der Waals surface area contributed by atoms with Crippen LogP contribution in [0.15, 0.2) is 89.3 Å². The van der Waals surface area contributed by atoms with E-state index in [4.69, 9.17) is 16.0 Å². The fourth-order valence-electron chi connectivity index (χ4n) is 4.08. The quantitative estimate of drug-likeness (QED) is 0.297. The van der Waals surface area contributed by atoms with Crippen LogP contribution < -0.4 is 0 Å². The third-order valence-corrected chi connectivity index (χ3v) is 5.49. The molecule has 0 aliphatic carbocycles. The summed E-state index contributed by atoms with van der Waals surface area (Å²) in [5, 5.41) is 5.38. The van der Waals surface area contributed by atoms with Gasteiger partial charge in [-0.2, -0.15) is 0 Å². The molecule has 0 aliphatic rings. The fourth-order valence-corrected chi connectivity index (χ4v) is 4.24. The van der Waals surface area contributed by atoms with E-state index in [1.807, 2.05) is 18.2 Å². The minimum absolute atomic E-state index is 0.684. The summed E-state index contributed by atoms with van der Waals surface area (Å²) in [6.45, 7) is 0. The van der Waals surface area contributed by atoms with Gasteiger partial charge in [-0.3, -0.25) is 0 Å². The number of furan rings is 1. The lowest BCUT2D eigenvalue weighted by molar-refractivity contribution is 0.668. The van der Waals surface area contributed by atoms with Crippen LogP contribution in [0.1, 0.15) is 0 Å². The lowest BCUT2D eigenvalue weighted by atomic mass is 10.1. The summed E-state index contributed by atoms with van der Waals surface area (Å²) in [4.78, 5) is 0. The standard InChI is InChI=1S/C24H14ClNO/c25-15-9-11-19-20-12-10-16(14-24(20)27-23(19)13-15)26-21-7-3-1-5-17(21)18-6-2-4-8-22(18)26/h1-14H. The first-order valence-electron chi connectivity index (χ1n) is 8.90. The van der Waals surface area contributed by atoms with Crippen molar-refractivity contribution < 1.29 is 4.42 Å². The number of hydrogen-bond donors (Lipinski definition) is 0. The number of nitrogens with zero attached hydrogens (tertiary/aromatic N) is 1. The van der Waals surface area contributed by atoms with Gasteiger partial charge in [0.05, 0.1) is 11.0 Å². The molecule has 0 fully saturated rings. The monoisotopic (exact) mass is 367 g/mol. The van der Waals surface area contributed by atoms with Gasteiger partial charge in [0, 0.05) is 44.4 Å². The average Bonchev–Trinajstić information content (AvgIpc) is 3.22. The van der Waals surface area contributed by atoms with Crippen molar-refractivity contribution in [3.8, 4) is 5.69 Å². The third kappa shape index (κ3) is 2.08. The Kier molecular flexibility index (Phi) is 2.97. The highest BCUT2D eigenvalue weighted by Gasteiger charge is 2.13. The van der Waals surface area contributed by atoms with E-state index in [1.54, 1.807) is 0 Å². The molecule has 4 aromatic carbocycles. The number of rotatable bonds is 1. The maximum atomic E-state index is 6.13. The zero-order valence-electron chi connectivity index (χ0n) is 14.3. The first-order valence-corrected chi connectivity index (χ1v) is 9.28. The summed E-state index contributed by atoms with van der Waals surface area (Å²) in [6, 6.07) is 29.2. The van der Waals surface area contributed by atoms with Crippen molar-refractivity contribution in [2.24, 2.45) is 0 Å². The number of aromatic nitrogens is 1. The van der Waals surface area contributed by atoms with Crippen LogP contribution in [0.3, 0.4) is 0 Å². The highest BCUT2D eigenvalue weighted by Crippen LogP contribution is 2.35. The molecule has 0 unspecified atom stereocenters. The van der Waals surface area contributed by atoms with Crippen LogP contribution in [0.5, 0.6) is 0 Å². The maximum absolute atomic E-state index is 6.13. The Morgan fingerprint density at radius 1 is 0.593 bits per heavy atom. The van der Waals surface area contributed by atoms with Gasteiger partial charge in [0.15, 0.2) is 0 Å². The molecule has 0 bridgehead atoms. The highest BCUT2D eigenvalue weighted by molar-refractivity contribution is 6.31. The largest absolute Gasteiger partial charge is 0.456 e. The molecule has 0 amide bonds. The van der Waals surface area contributed by atoms with Gasteiger partial charge in [-0.1, -0.05) is 48.0 Å². The van der Waals surface area contributed by atoms with E-state index >= 15 is 0 Å². The van der Waals surface area contributed by atoms with Crippen molar-refractivity contribution in [1.29, 1.82) is 0 Å². The van der Waals surface area contributed by atoms with E-state index in [9.17, 15) is 0 Å². The molecule has 0 radical (unpaired) electrons. The lowest BCUT2D eigenvalue weighted by Crippen LogP contribution is -1.93. The molecule has 0 spiro atoms. The zero-order valence-corrected chi connectivity index (χ0v) is 15.1. The van der Waals surface area contributed by atoms with E-state index < -0.39 is 0 Å². The summed E-state index contributed by atoms with van der Waals surface area (Å²) in [7, 11) is 0. The minimum Gasteiger partial charge on any atom is -0.456 e. The van der Waals surface area contributed by atoms with E-state index in [-0.39, 0.29) is 0 Å². The van der Waals surface area contributed by atoms with Gasteiger partial charge >= 0.3 is 0 Å². The Bertz CT molecular complexity index is 1440. The molecule has 0 N–H and O–H groups in total. The molecule has 6 rings (SSSR count). The van der Waals surface area contributed by atoms with Crippen molar-refractivity contribution in [2.75, 3.05) is 0 Å². The van der Waals surface area contributed by atoms with Crippen molar-refractivity contribution in [1.82, 2.24) is 4.57 Å². The summed E-state index contributed by atoms with van der Waals surface area (Å²) < 4.78 is 8.39. The zero-order chi connectivity index (χ0) is 18.0. The normalized spacial score (nSPS) is 11.9. The predicted molar refractivity (Wildman–Crippen MR) is 113 cm³/mol. The first kappa shape index (κ1) is 14.9. The van der Waals surface area contributed by atoms with Crippen LogP contribution in [-0.4, -0.2) is 4.57 Å². The fraction of sp³-hybridized carbons (Fsp3) is 0. The summed E-state index contributed by atoms with van der Waals surface area (Å²) >= 11 is 6.13. The van der Waals surface area contributed by atoms with E-state index in [2.05, 4.69) is 71.3 Å². The molecular formula is C24H14ClNO. The Morgan fingerprint density at radius 3 is 1.89 bits per heavy atom. The molecule has 3 heteroatoms. The number of para-hydroxylation sites is 2. The molecule has 128 valence electrons. The second kappa shape index (κ2) is 5.38. The van der Waals surface area contributed by atoms with Crippen LogP contribution in [0.25, 0.3) is 49.4 Å². The molecule has 6 aromatic rings. The number of benzene rings is 4. The van der Waals surface area contributed by atoms with Crippen molar-refractivity contribution in [3.05, 3.63) is 90.0 Å². The summed E-state index contributed by atoms with van der Waals surface area (Å²) in [5.74, 6) is 0. The van der Waals surface area contributed by atoms with E-state index in [0.717, 1.165) is 27.6 Å². The predicted octanol–water partition coefficient (Wildman–Crippen LogP) is 7.34. The maximum Gasteiger partial charge on any atom is 0.137 e. The molecule has 2 aromatic heterocycles. The van der Waals surface area contributed by atoms with E-state index in [0.29, 0.717) is 5.02 Å². The second-order valence-electron chi connectivity index (χ2n) is 6.79. The Labute approximate surface area is 160 Å². The molecule has 2 nitrogen and oxygen atoms in total.